The van der Waals surface area contributed by atoms with Crippen molar-refractivity contribution >= 4 is 5.91 Å². The van der Waals surface area contributed by atoms with Crippen LogP contribution in [0.3, 0.4) is 0 Å². The Morgan fingerprint density at radius 2 is 1.71 bits per heavy atom. The van der Waals surface area contributed by atoms with Crippen LogP contribution in [-0.2, 0) is 6.42 Å². The summed E-state index contributed by atoms with van der Waals surface area (Å²) in [6.07, 6.45) is 2.42. The van der Waals surface area contributed by atoms with Crippen molar-refractivity contribution < 1.29 is 15.0 Å². The Balaban J connectivity index is 1.39. The molecule has 0 radical (unpaired) electrons. The molecular weight excluding hydrogens is 354 g/mol. The Morgan fingerprint density at radius 3 is 2.39 bits per heavy atom. The average Bonchev–Trinajstić information content (AvgIpc) is 3.17. The minimum absolute atomic E-state index is 0.0223. The molecule has 6 nitrogen and oxygen atoms in total. The van der Waals surface area contributed by atoms with E-state index in [-0.39, 0.29) is 23.0 Å². The van der Waals surface area contributed by atoms with E-state index in [1.54, 1.807) is 4.90 Å². The monoisotopic (exact) mass is 377 g/mol. The van der Waals surface area contributed by atoms with Crippen molar-refractivity contribution in [2.45, 2.75) is 25.2 Å². The molecule has 144 valence electrons. The lowest BCUT2D eigenvalue weighted by Crippen LogP contribution is -2.38. The first-order chi connectivity index (χ1) is 13.6. The maximum Gasteiger partial charge on any atom is 0.261 e. The quantitative estimate of drug-likeness (QED) is 0.650. The molecule has 0 aliphatic carbocycles. The number of aromatic amines is 1. The summed E-state index contributed by atoms with van der Waals surface area (Å²) in [5, 5.41) is 27.5. The lowest BCUT2D eigenvalue weighted by molar-refractivity contribution is 0.0706. The predicted octanol–water partition coefficient (Wildman–Crippen LogP) is 3.43. The number of amides is 1. The van der Waals surface area contributed by atoms with Gasteiger partial charge in [-0.2, -0.15) is 5.10 Å². The summed E-state index contributed by atoms with van der Waals surface area (Å²) in [5.74, 6) is -0.418. The molecule has 1 saturated heterocycles. The lowest BCUT2D eigenvalue weighted by Gasteiger charge is -2.31. The molecular formula is C22H23N3O3. The zero-order valence-corrected chi connectivity index (χ0v) is 15.5. The van der Waals surface area contributed by atoms with Gasteiger partial charge in [-0.05, 0) is 36.6 Å². The number of aromatic nitrogens is 2. The molecule has 2 aromatic carbocycles. The number of carbonyl (C=O) groups is 1. The second-order valence-corrected chi connectivity index (χ2v) is 7.22. The smallest absolute Gasteiger partial charge is 0.261 e. The zero-order valence-electron chi connectivity index (χ0n) is 15.5. The van der Waals surface area contributed by atoms with Crippen LogP contribution in [0.1, 0.15) is 46.1 Å². The molecule has 0 spiro atoms. The van der Waals surface area contributed by atoms with Crippen LogP contribution >= 0.6 is 0 Å². The van der Waals surface area contributed by atoms with Gasteiger partial charge < -0.3 is 15.1 Å². The van der Waals surface area contributed by atoms with Gasteiger partial charge in [-0.25, -0.2) is 0 Å². The molecule has 3 aromatic rings. The van der Waals surface area contributed by atoms with Crippen molar-refractivity contribution in [3.05, 3.63) is 77.1 Å². The molecule has 28 heavy (non-hydrogen) atoms. The number of rotatable bonds is 4. The zero-order chi connectivity index (χ0) is 19.5. The van der Waals surface area contributed by atoms with Crippen LogP contribution in [0.25, 0.3) is 0 Å². The molecule has 1 fully saturated rings. The Bertz CT molecular complexity index is 940. The second kappa shape index (κ2) is 7.76. The number of likely N-dealkylation sites (tertiary alicyclic amines) is 1. The summed E-state index contributed by atoms with van der Waals surface area (Å²) in [5.41, 5.74) is 3.33. The van der Waals surface area contributed by atoms with E-state index in [1.165, 1.54) is 23.8 Å². The number of piperidine rings is 1. The van der Waals surface area contributed by atoms with Crippen molar-refractivity contribution in [1.29, 1.82) is 0 Å². The number of carbonyl (C=O) groups excluding carboxylic acids is 1. The van der Waals surface area contributed by atoms with Crippen LogP contribution in [0.5, 0.6) is 11.5 Å². The van der Waals surface area contributed by atoms with Crippen LogP contribution in [-0.4, -0.2) is 44.3 Å². The van der Waals surface area contributed by atoms with Gasteiger partial charge in [-0.3, -0.25) is 9.89 Å². The van der Waals surface area contributed by atoms with Crippen molar-refractivity contribution in [2.24, 2.45) is 0 Å². The van der Waals surface area contributed by atoms with Crippen molar-refractivity contribution in [1.82, 2.24) is 15.1 Å². The summed E-state index contributed by atoms with van der Waals surface area (Å²) < 4.78 is 0. The maximum atomic E-state index is 12.7. The van der Waals surface area contributed by atoms with Crippen molar-refractivity contribution in [3.8, 4) is 11.5 Å². The van der Waals surface area contributed by atoms with Gasteiger partial charge in [0, 0.05) is 31.1 Å². The van der Waals surface area contributed by atoms with Gasteiger partial charge in [0.15, 0.2) is 0 Å². The third-order valence-corrected chi connectivity index (χ3v) is 5.32. The van der Waals surface area contributed by atoms with E-state index in [2.05, 4.69) is 28.4 Å². The Kier molecular flexibility index (Phi) is 5.02. The van der Waals surface area contributed by atoms with Gasteiger partial charge in [-0.1, -0.05) is 36.4 Å². The molecule has 3 N–H and O–H groups in total. The highest BCUT2D eigenvalue weighted by Crippen LogP contribution is 2.32. The van der Waals surface area contributed by atoms with E-state index in [1.807, 2.05) is 18.2 Å². The number of hydrogen-bond donors (Lipinski definition) is 3. The first-order valence-electron chi connectivity index (χ1n) is 9.50. The van der Waals surface area contributed by atoms with Crippen molar-refractivity contribution in [2.75, 3.05) is 13.1 Å². The number of nitrogens with zero attached hydrogens (tertiary/aromatic N) is 2. The fourth-order valence-electron chi connectivity index (χ4n) is 3.78. The lowest BCUT2D eigenvalue weighted by atomic mass is 9.92. The fourth-order valence-corrected chi connectivity index (χ4v) is 3.78. The minimum atomic E-state index is -0.333. The van der Waals surface area contributed by atoms with Crippen LogP contribution in [0, 0.1) is 0 Å². The highest BCUT2D eigenvalue weighted by atomic mass is 16.3. The van der Waals surface area contributed by atoms with Gasteiger partial charge >= 0.3 is 0 Å². The molecule has 1 amide bonds. The van der Waals surface area contributed by atoms with E-state index in [0.717, 1.165) is 30.7 Å². The van der Waals surface area contributed by atoms with E-state index in [4.69, 9.17) is 0 Å². The van der Waals surface area contributed by atoms with Crippen LogP contribution < -0.4 is 0 Å². The molecule has 1 aliphatic heterocycles. The van der Waals surface area contributed by atoms with E-state index in [9.17, 15) is 15.0 Å². The first-order valence-corrected chi connectivity index (χ1v) is 9.50. The Labute approximate surface area is 163 Å². The van der Waals surface area contributed by atoms with Gasteiger partial charge in [-0.15, -0.1) is 0 Å². The Morgan fingerprint density at radius 1 is 1.04 bits per heavy atom. The SMILES string of the molecule is O=C(c1c(O)cccc1O)N1CCC(c2cc(Cc3ccccc3)[nH]n2)CC1. The summed E-state index contributed by atoms with van der Waals surface area (Å²) in [7, 11) is 0. The first kappa shape index (κ1) is 18.1. The second-order valence-electron chi connectivity index (χ2n) is 7.22. The van der Waals surface area contributed by atoms with E-state index < -0.39 is 0 Å². The van der Waals surface area contributed by atoms with Crippen LogP contribution in [0.4, 0.5) is 0 Å². The predicted molar refractivity (Wildman–Crippen MR) is 105 cm³/mol. The molecule has 0 unspecified atom stereocenters. The average molecular weight is 377 g/mol. The maximum absolute atomic E-state index is 12.7. The van der Waals surface area contributed by atoms with Crippen LogP contribution in [0.2, 0.25) is 0 Å². The normalized spacial score (nSPS) is 14.9. The van der Waals surface area contributed by atoms with E-state index in [0.29, 0.717) is 19.0 Å². The fraction of sp³-hybridized carbons (Fsp3) is 0.273. The molecule has 0 saturated carbocycles. The number of aromatic hydroxyl groups is 2. The number of nitrogens with one attached hydrogen (secondary N) is 1. The van der Waals surface area contributed by atoms with Gasteiger partial charge in [0.05, 0.1) is 5.69 Å². The standard InChI is InChI=1S/C22H23N3O3/c26-19-7-4-8-20(27)21(19)22(28)25-11-9-16(10-12-25)18-14-17(23-24-18)13-15-5-2-1-3-6-15/h1-8,14,16,26-27H,9-13H2,(H,23,24). The Hall–Kier alpha value is -3.28. The number of hydrogen-bond acceptors (Lipinski definition) is 4. The minimum Gasteiger partial charge on any atom is -0.507 e. The molecule has 1 aliphatic rings. The molecule has 4 rings (SSSR count). The highest BCUT2D eigenvalue weighted by molar-refractivity contribution is 5.99. The number of H-pyrrole nitrogens is 1. The topological polar surface area (TPSA) is 89.5 Å². The van der Waals surface area contributed by atoms with E-state index >= 15 is 0 Å². The summed E-state index contributed by atoms with van der Waals surface area (Å²) in [4.78, 5) is 14.4. The van der Waals surface area contributed by atoms with Gasteiger partial charge in [0.1, 0.15) is 17.1 Å². The summed E-state index contributed by atoms with van der Waals surface area (Å²) in [6, 6.07) is 16.7. The third-order valence-electron chi connectivity index (χ3n) is 5.32. The number of phenols is 2. The largest absolute Gasteiger partial charge is 0.507 e. The molecule has 1 aromatic heterocycles. The van der Waals surface area contributed by atoms with Crippen LogP contribution in [0.15, 0.2) is 54.6 Å². The number of phenolic OH excluding ortho intramolecular Hbond substituents is 2. The number of benzene rings is 2. The summed E-state index contributed by atoms with van der Waals surface area (Å²) >= 11 is 0. The van der Waals surface area contributed by atoms with Gasteiger partial charge in [0.25, 0.3) is 5.91 Å². The molecule has 6 heteroatoms. The molecule has 0 bridgehead atoms. The summed E-state index contributed by atoms with van der Waals surface area (Å²) in [6.45, 7) is 1.14. The van der Waals surface area contributed by atoms with Gasteiger partial charge in [0.2, 0.25) is 0 Å². The molecule has 0 atom stereocenters. The highest BCUT2D eigenvalue weighted by Gasteiger charge is 2.28. The van der Waals surface area contributed by atoms with Crippen molar-refractivity contribution in [3.63, 3.8) is 0 Å². The third kappa shape index (κ3) is 3.71. The molecule has 2 heterocycles.